The molecule has 202 valence electrons. The number of nitro benzene ring substituents is 1. The first-order chi connectivity index (χ1) is 19.4. The molecule has 2 atom stereocenters. The number of aryl methyl sites for hydroxylation is 1. The van der Waals surface area contributed by atoms with Crippen molar-refractivity contribution >= 4 is 28.9 Å². The number of carbonyl (C=O) groups is 2. The van der Waals surface area contributed by atoms with Crippen molar-refractivity contribution in [3.8, 4) is 0 Å². The number of rotatable bonds is 7. The Bertz CT molecular complexity index is 1520. The lowest BCUT2D eigenvalue weighted by molar-refractivity contribution is -0.384. The van der Waals surface area contributed by atoms with Gasteiger partial charge in [0, 0.05) is 40.7 Å². The van der Waals surface area contributed by atoms with Gasteiger partial charge < -0.3 is 9.80 Å². The van der Waals surface area contributed by atoms with Crippen LogP contribution in [-0.4, -0.2) is 22.8 Å². The lowest BCUT2D eigenvalue weighted by Gasteiger charge is -2.43. The maximum Gasteiger partial charge on any atom is 0.269 e. The summed E-state index contributed by atoms with van der Waals surface area (Å²) in [6, 6.07) is 30.2. The second-order valence-electron chi connectivity index (χ2n) is 10.1. The summed E-state index contributed by atoms with van der Waals surface area (Å²) in [5.74, 6) is -0.339. The molecule has 1 aliphatic heterocycles. The smallest absolute Gasteiger partial charge is 0.269 e. The third kappa shape index (κ3) is 5.23. The largest absolute Gasteiger partial charge is 0.305 e. The molecule has 7 nitrogen and oxygen atoms in total. The lowest BCUT2D eigenvalue weighted by Crippen LogP contribution is -2.47. The molecule has 0 N–H and O–H groups in total. The number of fused-ring (bicyclic) bond motifs is 1. The second kappa shape index (κ2) is 11.5. The number of nitro groups is 1. The van der Waals surface area contributed by atoms with Crippen LogP contribution in [-0.2, 0) is 6.42 Å². The van der Waals surface area contributed by atoms with Crippen molar-refractivity contribution in [3.05, 3.63) is 135 Å². The zero-order chi connectivity index (χ0) is 28.2. The first-order valence-corrected chi connectivity index (χ1v) is 13.5. The second-order valence-corrected chi connectivity index (χ2v) is 10.1. The molecular weight excluding hydrogens is 502 g/mol. The van der Waals surface area contributed by atoms with E-state index in [0.717, 1.165) is 29.8 Å². The molecule has 0 radical (unpaired) electrons. The van der Waals surface area contributed by atoms with Gasteiger partial charge in [0.15, 0.2) is 0 Å². The number of amides is 2. The number of carbonyl (C=O) groups excluding carboxylic acids is 2. The summed E-state index contributed by atoms with van der Waals surface area (Å²) >= 11 is 0. The average molecular weight is 534 g/mol. The van der Waals surface area contributed by atoms with E-state index in [4.69, 9.17) is 0 Å². The van der Waals surface area contributed by atoms with Gasteiger partial charge in [-0.15, -0.1) is 0 Å². The Labute approximate surface area is 233 Å². The lowest BCUT2D eigenvalue weighted by atomic mass is 9.89. The summed E-state index contributed by atoms with van der Waals surface area (Å²) < 4.78 is 0. The highest BCUT2D eigenvalue weighted by molar-refractivity contribution is 6.09. The fourth-order valence-corrected chi connectivity index (χ4v) is 5.47. The van der Waals surface area contributed by atoms with Crippen molar-refractivity contribution in [1.29, 1.82) is 0 Å². The molecular formula is C33H31N3O4. The fourth-order valence-electron chi connectivity index (χ4n) is 5.47. The normalized spacial score (nSPS) is 16.2. The molecule has 7 heteroatoms. The molecule has 4 aromatic carbocycles. The third-order valence-corrected chi connectivity index (χ3v) is 7.41. The van der Waals surface area contributed by atoms with E-state index in [1.165, 1.54) is 29.8 Å². The van der Waals surface area contributed by atoms with Gasteiger partial charge in [-0.25, -0.2) is 0 Å². The van der Waals surface area contributed by atoms with Crippen molar-refractivity contribution in [2.24, 2.45) is 0 Å². The van der Waals surface area contributed by atoms with Crippen LogP contribution >= 0.6 is 0 Å². The van der Waals surface area contributed by atoms with Crippen LogP contribution in [0.15, 0.2) is 103 Å². The van der Waals surface area contributed by atoms with Crippen LogP contribution in [0.5, 0.6) is 0 Å². The van der Waals surface area contributed by atoms with Crippen LogP contribution < -0.4 is 9.80 Å². The van der Waals surface area contributed by atoms with Gasteiger partial charge >= 0.3 is 0 Å². The Hall–Kier alpha value is -4.78. The fraction of sp³-hybridized carbons (Fsp3) is 0.212. The number of non-ortho nitro benzene ring substituents is 1. The molecule has 0 spiro atoms. The minimum atomic E-state index is -0.482. The molecule has 0 aromatic heterocycles. The van der Waals surface area contributed by atoms with Gasteiger partial charge in [-0.3, -0.25) is 19.7 Å². The molecule has 1 aliphatic rings. The minimum Gasteiger partial charge on any atom is -0.305 e. The van der Waals surface area contributed by atoms with E-state index in [1.54, 1.807) is 4.90 Å². The van der Waals surface area contributed by atoms with E-state index in [2.05, 4.69) is 6.92 Å². The molecule has 2 amide bonds. The van der Waals surface area contributed by atoms with Crippen molar-refractivity contribution in [3.63, 3.8) is 0 Å². The summed E-state index contributed by atoms with van der Waals surface area (Å²) in [6.45, 7) is 4.10. The maximum atomic E-state index is 14.1. The monoisotopic (exact) mass is 533 g/mol. The highest BCUT2D eigenvalue weighted by Crippen LogP contribution is 2.43. The summed E-state index contributed by atoms with van der Waals surface area (Å²) in [5.41, 5.74) is 4.49. The van der Waals surface area contributed by atoms with E-state index >= 15 is 0 Å². The zero-order valence-corrected chi connectivity index (χ0v) is 22.6. The molecule has 0 aliphatic carbocycles. The molecule has 0 fully saturated rings. The number of hydrogen-bond acceptors (Lipinski definition) is 4. The van der Waals surface area contributed by atoms with Gasteiger partial charge in [-0.1, -0.05) is 61.9 Å². The van der Waals surface area contributed by atoms with Crippen molar-refractivity contribution in [2.45, 2.75) is 45.2 Å². The molecule has 0 bridgehead atoms. The van der Waals surface area contributed by atoms with Crippen LogP contribution in [0.1, 0.15) is 64.6 Å². The predicted octanol–water partition coefficient (Wildman–Crippen LogP) is 7.37. The van der Waals surface area contributed by atoms with Crippen molar-refractivity contribution < 1.29 is 14.5 Å². The average Bonchev–Trinajstić information content (AvgIpc) is 2.98. The number of benzene rings is 4. The number of nitrogens with zero attached hydrogens (tertiary/aromatic N) is 3. The molecule has 1 heterocycles. The number of para-hydroxylation sites is 2. The molecule has 5 rings (SSSR count). The maximum absolute atomic E-state index is 14.1. The summed E-state index contributed by atoms with van der Waals surface area (Å²) in [4.78, 5) is 42.1. The standard InChI is InChI=1S/C33H31N3O4/c1-3-9-24-14-16-25(17-15-24)33(38)35(27-10-5-4-6-11-27)31-22-23(2)34(30-13-8-7-12-29(30)31)32(37)26-18-20-28(21-19-26)36(39)40/h4-8,10-21,23,31H,3,9,22H2,1-2H3/t23-,31+/m0/s1. The summed E-state index contributed by atoms with van der Waals surface area (Å²) in [7, 11) is 0. The third-order valence-electron chi connectivity index (χ3n) is 7.41. The molecule has 40 heavy (non-hydrogen) atoms. The van der Waals surface area contributed by atoms with E-state index in [0.29, 0.717) is 17.5 Å². The first kappa shape index (κ1) is 26.8. The van der Waals surface area contributed by atoms with E-state index < -0.39 is 4.92 Å². The van der Waals surface area contributed by atoms with Crippen LogP contribution in [0, 0.1) is 10.1 Å². The van der Waals surface area contributed by atoms with Crippen LogP contribution in [0.4, 0.5) is 17.1 Å². The Kier molecular flexibility index (Phi) is 7.73. The van der Waals surface area contributed by atoms with Gasteiger partial charge in [0.2, 0.25) is 0 Å². The Morgan fingerprint density at radius 2 is 1.50 bits per heavy atom. The van der Waals surface area contributed by atoms with Gasteiger partial charge in [0.1, 0.15) is 0 Å². The Morgan fingerprint density at radius 1 is 0.875 bits per heavy atom. The van der Waals surface area contributed by atoms with E-state index in [1.807, 2.05) is 90.7 Å². The highest BCUT2D eigenvalue weighted by Gasteiger charge is 2.39. The Balaban J connectivity index is 1.55. The first-order valence-electron chi connectivity index (χ1n) is 13.5. The minimum absolute atomic E-state index is 0.0663. The molecule has 0 saturated carbocycles. The van der Waals surface area contributed by atoms with Gasteiger partial charge in [-0.2, -0.15) is 0 Å². The predicted molar refractivity (Wildman–Crippen MR) is 157 cm³/mol. The Morgan fingerprint density at radius 3 is 2.15 bits per heavy atom. The highest BCUT2D eigenvalue weighted by atomic mass is 16.6. The van der Waals surface area contributed by atoms with Crippen molar-refractivity contribution in [2.75, 3.05) is 9.80 Å². The molecule has 4 aromatic rings. The van der Waals surface area contributed by atoms with Gasteiger partial charge in [0.25, 0.3) is 17.5 Å². The van der Waals surface area contributed by atoms with Crippen LogP contribution in [0.3, 0.4) is 0 Å². The van der Waals surface area contributed by atoms with Gasteiger partial charge in [0.05, 0.1) is 11.0 Å². The quantitative estimate of drug-likeness (QED) is 0.183. The zero-order valence-electron chi connectivity index (χ0n) is 22.6. The van der Waals surface area contributed by atoms with Crippen LogP contribution in [0.2, 0.25) is 0 Å². The molecule has 0 unspecified atom stereocenters. The molecule has 0 saturated heterocycles. The number of hydrogen-bond donors (Lipinski definition) is 0. The van der Waals surface area contributed by atoms with Crippen molar-refractivity contribution in [1.82, 2.24) is 0 Å². The topological polar surface area (TPSA) is 83.8 Å². The van der Waals surface area contributed by atoms with E-state index in [9.17, 15) is 19.7 Å². The summed E-state index contributed by atoms with van der Waals surface area (Å²) in [6.07, 6.45) is 2.52. The summed E-state index contributed by atoms with van der Waals surface area (Å²) in [5, 5.41) is 11.1. The van der Waals surface area contributed by atoms with Gasteiger partial charge in [-0.05, 0) is 73.4 Å². The SMILES string of the molecule is CCCc1ccc(C(=O)N(c2ccccc2)[C@@H]2C[C@H](C)N(C(=O)c3ccc([N+](=O)[O-])cc3)c3ccccc32)cc1. The van der Waals surface area contributed by atoms with Crippen LogP contribution in [0.25, 0.3) is 0 Å². The van der Waals surface area contributed by atoms with E-state index in [-0.39, 0.29) is 29.6 Å². The number of anilines is 2.